The van der Waals surface area contributed by atoms with Gasteiger partial charge in [0.25, 0.3) is 0 Å². The topological polar surface area (TPSA) is 170 Å². The number of benzene rings is 1. The van der Waals surface area contributed by atoms with Crippen molar-refractivity contribution in [2.24, 2.45) is 5.92 Å². The number of unbranched alkanes of at least 4 members (excludes halogenated alkanes) is 24. The number of hydrogen-bond donors (Lipinski definition) is 6. The van der Waals surface area contributed by atoms with E-state index in [9.17, 15) is 29.7 Å². The highest BCUT2D eigenvalue weighted by molar-refractivity contribution is 5.86. The van der Waals surface area contributed by atoms with Crippen molar-refractivity contribution >= 4 is 18.0 Å². The number of amides is 4. The van der Waals surface area contributed by atoms with E-state index < -0.39 is 61.3 Å². The highest BCUT2D eigenvalue weighted by Crippen LogP contribution is 2.26. The molecule has 0 aromatic heterocycles. The van der Waals surface area contributed by atoms with Crippen LogP contribution in [0, 0.1) is 5.92 Å². The van der Waals surface area contributed by atoms with Crippen molar-refractivity contribution in [1.82, 2.24) is 20.9 Å². The van der Waals surface area contributed by atoms with Gasteiger partial charge in [0.15, 0.2) is 6.23 Å². The molecular formula is C51H92N4O8. The summed E-state index contributed by atoms with van der Waals surface area (Å²) in [5, 5.41) is 41.2. The minimum Gasteiger partial charge on any atom is -0.445 e. The number of aliphatic hydroxyl groups excluding tert-OH is 3. The number of alkyl carbamates (subject to hydrolysis) is 1. The van der Waals surface area contributed by atoms with Gasteiger partial charge in [-0.25, -0.2) is 9.59 Å². The Labute approximate surface area is 382 Å². The molecule has 12 nitrogen and oxygen atoms in total. The Morgan fingerprint density at radius 2 is 1.16 bits per heavy atom. The van der Waals surface area contributed by atoms with E-state index in [1.54, 1.807) is 0 Å². The molecule has 1 aromatic rings. The van der Waals surface area contributed by atoms with E-state index in [0.717, 1.165) is 44.1 Å². The lowest BCUT2D eigenvalue weighted by Gasteiger charge is -2.47. The van der Waals surface area contributed by atoms with Crippen molar-refractivity contribution in [3.8, 4) is 0 Å². The quantitative estimate of drug-likeness (QED) is 0.0359. The van der Waals surface area contributed by atoms with Crippen molar-refractivity contribution in [3.05, 3.63) is 35.9 Å². The second kappa shape index (κ2) is 36.3. The summed E-state index contributed by atoms with van der Waals surface area (Å²) in [5.41, 5.74) is 0.797. The number of ether oxygens (including phenoxy) is 2. The van der Waals surface area contributed by atoms with Gasteiger partial charge in [-0.2, -0.15) is 0 Å². The summed E-state index contributed by atoms with van der Waals surface area (Å²) in [6.07, 6.45) is 25.4. The molecule has 0 saturated carbocycles. The zero-order valence-corrected chi connectivity index (χ0v) is 40.2. The molecule has 0 unspecified atom stereocenters. The van der Waals surface area contributed by atoms with Crippen LogP contribution in [0.2, 0.25) is 0 Å². The van der Waals surface area contributed by atoms with Crippen molar-refractivity contribution in [3.63, 3.8) is 0 Å². The van der Waals surface area contributed by atoms with E-state index >= 15 is 0 Å². The average molecular weight is 889 g/mol. The minimum atomic E-state index is -1.57. The Morgan fingerprint density at radius 1 is 0.683 bits per heavy atom. The maximum atomic E-state index is 14.1. The largest absolute Gasteiger partial charge is 0.445 e. The standard InChI is InChI=1S/C51H92N4O8/c1-5-7-9-11-13-15-17-18-19-20-21-22-23-25-27-32-36-52-50(60)55(37-33-28-26-24-16-14-12-10-8-6-2)49-45(47(58)46(57)44(39-56)63-49)54-48(59)43(38-41(3)4)53-51(61)62-40-42-34-30-29-31-35-42/h29-31,34-35,41,43-47,49,56-58H,5-28,32-33,36-40H2,1-4H3,(H,52,60)(H,53,61)(H,54,59)/t43-,44+,45+,46+,47+,49+/m0/s1. The van der Waals surface area contributed by atoms with Crippen molar-refractivity contribution < 1.29 is 39.2 Å². The molecule has 1 heterocycles. The van der Waals surface area contributed by atoms with E-state index in [2.05, 4.69) is 29.8 Å². The van der Waals surface area contributed by atoms with Crippen LogP contribution in [0.1, 0.15) is 207 Å². The van der Waals surface area contributed by atoms with E-state index in [1.165, 1.54) is 127 Å². The highest BCUT2D eigenvalue weighted by atomic mass is 16.6. The SMILES string of the molecule is CCCCCCCCCCCCCCCCCCNC(=O)N(CCCCCCCCCCCC)[C@@H]1O[C@H](CO)[C@@H](O)[C@H](O)[C@H]1NC(=O)[C@H](CC(C)C)NC(=O)OCc1ccccc1. The van der Waals surface area contributed by atoms with Crippen LogP contribution in [0.5, 0.6) is 0 Å². The minimum absolute atomic E-state index is 0.00557. The maximum absolute atomic E-state index is 14.1. The lowest BCUT2D eigenvalue weighted by Crippen LogP contribution is -2.70. The first-order chi connectivity index (χ1) is 30.6. The first kappa shape index (κ1) is 56.2. The second-order valence-electron chi connectivity index (χ2n) is 18.6. The Morgan fingerprint density at radius 3 is 1.63 bits per heavy atom. The van der Waals surface area contributed by atoms with Crippen molar-refractivity contribution in [1.29, 1.82) is 0 Å². The normalized spacial score (nSPS) is 19.1. The Bertz CT molecular complexity index is 1290. The lowest BCUT2D eigenvalue weighted by molar-refractivity contribution is -0.224. The number of carbonyl (C=O) groups excluding carboxylic acids is 3. The van der Waals surface area contributed by atoms with Crippen LogP contribution >= 0.6 is 0 Å². The summed E-state index contributed by atoms with van der Waals surface area (Å²) < 4.78 is 11.6. The van der Waals surface area contributed by atoms with Gasteiger partial charge < -0.3 is 40.7 Å². The number of nitrogens with zero attached hydrogens (tertiary/aromatic N) is 1. The fraction of sp³-hybridized carbons (Fsp3) is 0.824. The van der Waals surface area contributed by atoms with Gasteiger partial charge in [-0.1, -0.05) is 212 Å². The maximum Gasteiger partial charge on any atom is 0.408 e. The third-order valence-electron chi connectivity index (χ3n) is 12.4. The molecule has 1 aromatic carbocycles. The molecule has 364 valence electrons. The van der Waals surface area contributed by atoms with E-state index in [1.807, 2.05) is 44.2 Å². The van der Waals surface area contributed by atoms with Gasteiger partial charge in [0.1, 0.15) is 37.0 Å². The average Bonchev–Trinajstić information content (AvgIpc) is 3.27. The summed E-state index contributed by atoms with van der Waals surface area (Å²) in [6.45, 7) is 8.53. The molecule has 0 bridgehead atoms. The molecular weight excluding hydrogens is 797 g/mol. The smallest absolute Gasteiger partial charge is 0.408 e. The zero-order valence-electron chi connectivity index (χ0n) is 40.2. The molecule has 1 saturated heterocycles. The summed E-state index contributed by atoms with van der Waals surface area (Å²) in [6, 6.07) is 6.54. The zero-order chi connectivity index (χ0) is 45.9. The van der Waals surface area contributed by atoms with E-state index in [0.29, 0.717) is 19.5 Å². The van der Waals surface area contributed by atoms with Gasteiger partial charge in [0.2, 0.25) is 5.91 Å². The predicted octanol–water partition coefficient (Wildman–Crippen LogP) is 10.4. The summed E-state index contributed by atoms with van der Waals surface area (Å²) in [7, 11) is 0. The van der Waals surface area contributed by atoms with E-state index in [-0.39, 0.29) is 18.9 Å². The number of nitrogens with one attached hydrogen (secondary N) is 3. The number of urea groups is 1. The Hall–Kier alpha value is -2.93. The molecule has 12 heteroatoms. The van der Waals surface area contributed by atoms with Gasteiger partial charge in [-0.15, -0.1) is 0 Å². The fourth-order valence-corrected chi connectivity index (χ4v) is 8.48. The molecule has 63 heavy (non-hydrogen) atoms. The lowest BCUT2D eigenvalue weighted by atomic mass is 9.94. The molecule has 4 amide bonds. The van der Waals surface area contributed by atoms with Gasteiger partial charge in [-0.05, 0) is 30.7 Å². The Balaban J connectivity index is 2.02. The van der Waals surface area contributed by atoms with Crippen molar-refractivity contribution in [2.45, 2.75) is 244 Å². The molecule has 1 fully saturated rings. The summed E-state index contributed by atoms with van der Waals surface area (Å²) in [5.74, 6) is -0.605. The first-order valence-corrected chi connectivity index (χ1v) is 25.6. The monoisotopic (exact) mass is 889 g/mol. The van der Waals surface area contributed by atoms with E-state index in [4.69, 9.17) is 9.47 Å². The van der Waals surface area contributed by atoms with Crippen LogP contribution in [-0.2, 0) is 20.9 Å². The van der Waals surface area contributed by atoms with Crippen LogP contribution < -0.4 is 16.0 Å². The molecule has 1 aliphatic rings. The highest BCUT2D eigenvalue weighted by Gasteiger charge is 2.48. The third-order valence-corrected chi connectivity index (χ3v) is 12.4. The molecule has 0 spiro atoms. The molecule has 2 rings (SSSR count). The van der Waals surface area contributed by atoms with Crippen LogP contribution in [0.15, 0.2) is 30.3 Å². The molecule has 1 aliphatic heterocycles. The van der Waals surface area contributed by atoms with Crippen LogP contribution in [0.3, 0.4) is 0 Å². The number of hydrogen-bond acceptors (Lipinski definition) is 8. The van der Waals surface area contributed by atoms with Crippen LogP contribution in [-0.4, -0.2) is 94.6 Å². The third kappa shape index (κ3) is 25.4. The number of aliphatic hydroxyl groups is 3. The van der Waals surface area contributed by atoms with Crippen LogP contribution in [0.25, 0.3) is 0 Å². The van der Waals surface area contributed by atoms with Gasteiger partial charge in [-0.3, -0.25) is 9.69 Å². The van der Waals surface area contributed by atoms with Crippen molar-refractivity contribution in [2.75, 3.05) is 19.7 Å². The first-order valence-electron chi connectivity index (χ1n) is 25.6. The van der Waals surface area contributed by atoms with Gasteiger partial charge in [0.05, 0.1) is 6.61 Å². The second-order valence-corrected chi connectivity index (χ2v) is 18.6. The molecule has 0 aliphatic carbocycles. The van der Waals surface area contributed by atoms with Gasteiger partial charge in [0, 0.05) is 13.1 Å². The number of rotatable bonds is 37. The summed E-state index contributed by atoms with van der Waals surface area (Å²) in [4.78, 5) is 42.5. The predicted molar refractivity (Wildman–Crippen MR) is 254 cm³/mol. The number of carbonyl (C=O) groups is 3. The summed E-state index contributed by atoms with van der Waals surface area (Å²) >= 11 is 0. The molecule has 6 atom stereocenters. The molecule has 6 N–H and O–H groups in total. The molecule has 0 radical (unpaired) electrons. The fourth-order valence-electron chi connectivity index (χ4n) is 8.48. The van der Waals surface area contributed by atoms with Gasteiger partial charge >= 0.3 is 12.1 Å². The van der Waals surface area contributed by atoms with Crippen LogP contribution in [0.4, 0.5) is 9.59 Å². The Kier molecular flexibility index (Phi) is 32.4.